The normalized spacial score (nSPS) is 16.6. The van der Waals surface area contributed by atoms with Gasteiger partial charge in [0.15, 0.2) is 5.78 Å². The Morgan fingerprint density at radius 3 is 1.31 bits per heavy atom. The van der Waals surface area contributed by atoms with Crippen molar-refractivity contribution in [2.75, 3.05) is 110 Å². The van der Waals surface area contributed by atoms with E-state index >= 15 is 0 Å². The van der Waals surface area contributed by atoms with Crippen LogP contribution in [0.2, 0.25) is 0 Å². The van der Waals surface area contributed by atoms with Gasteiger partial charge in [-0.25, -0.2) is 0 Å². The third kappa shape index (κ3) is 24.0. The first-order valence-corrected chi connectivity index (χ1v) is 20.1. The minimum absolute atomic E-state index is 0.00527. The quantitative estimate of drug-likeness (QED) is 0.0346. The molecule has 0 radical (unpaired) electrons. The fourth-order valence-electron chi connectivity index (χ4n) is 5.31. The topological polar surface area (TPSA) is 279 Å². The highest BCUT2D eigenvalue weighted by Gasteiger charge is 2.24. The third-order valence-electron chi connectivity index (χ3n) is 8.25. The lowest BCUT2D eigenvalue weighted by atomic mass is 10.1. The molecule has 22 heteroatoms. The molecule has 1 saturated heterocycles. The van der Waals surface area contributed by atoms with Gasteiger partial charge in [-0.05, 0) is 26.8 Å². The lowest BCUT2D eigenvalue weighted by molar-refractivity contribution is -0.140. The number of carboxylic acids is 4. The van der Waals surface area contributed by atoms with Gasteiger partial charge in [-0.3, -0.25) is 58.0 Å². The summed E-state index contributed by atoms with van der Waals surface area (Å²) in [4.78, 5) is 102. The van der Waals surface area contributed by atoms with Crippen LogP contribution in [0.5, 0.6) is 0 Å². The molecular weight excluding hydrogens is 753 g/mol. The number of nitrogens with one attached hydrogen (secondary N) is 4. The summed E-state index contributed by atoms with van der Waals surface area (Å²) in [6.45, 7) is 3.73. The number of ketones is 1. The number of amides is 3. The summed E-state index contributed by atoms with van der Waals surface area (Å²) in [6, 6.07) is -1.67. The summed E-state index contributed by atoms with van der Waals surface area (Å²) in [7, 11) is 4.51. The van der Waals surface area contributed by atoms with E-state index in [1.165, 1.54) is 35.6 Å². The molecule has 2 atom stereocenters. The first-order chi connectivity index (χ1) is 25.6. The van der Waals surface area contributed by atoms with Crippen LogP contribution in [0.1, 0.15) is 32.6 Å². The number of nitrogens with zero attached hydrogens (tertiary/aromatic N) is 4. The van der Waals surface area contributed by atoms with E-state index in [-0.39, 0.29) is 95.6 Å². The highest BCUT2D eigenvalue weighted by atomic mass is 33.1. The van der Waals surface area contributed by atoms with Crippen molar-refractivity contribution >= 4 is 69.0 Å². The lowest BCUT2D eigenvalue weighted by Gasteiger charge is -2.32. The van der Waals surface area contributed by atoms with Crippen molar-refractivity contribution in [1.82, 2.24) is 40.9 Å². The van der Waals surface area contributed by atoms with E-state index < -0.39 is 41.9 Å². The van der Waals surface area contributed by atoms with E-state index in [1.54, 1.807) is 14.7 Å². The van der Waals surface area contributed by atoms with Crippen LogP contribution in [0.4, 0.5) is 0 Å². The van der Waals surface area contributed by atoms with Crippen LogP contribution in [-0.2, 0) is 38.4 Å². The molecule has 308 valence electrons. The molecule has 0 aliphatic carbocycles. The molecule has 20 nitrogen and oxygen atoms in total. The van der Waals surface area contributed by atoms with Crippen molar-refractivity contribution < 1.29 is 58.8 Å². The maximum Gasteiger partial charge on any atom is 0.317 e. The molecule has 0 aromatic heterocycles. The van der Waals surface area contributed by atoms with Gasteiger partial charge in [0.25, 0.3) is 0 Å². The zero-order chi connectivity index (χ0) is 40.5. The molecule has 0 spiro atoms. The second-order valence-electron chi connectivity index (χ2n) is 12.6. The number of rotatable bonds is 25. The standard InChI is InChI=1S/C32H56N8O12S2/c1-23(41)24(36-32(52)25(33-2)4-6-28(44)45)3-5-26(42)34-7-17-53-54-18-8-35-27(43)19-37-9-11-38(20-29(46)47)13-15-40(22-31(50)51)16-14-39(12-10-37)21-30(48)49/h24-25,33H,3-22H2,1-2H3,(H,34,42)(H,35,43)(H,36,52)(H,44,45)(H,46,47)(H,48,49)(H,50,51). The van der Waals surface area contributed by atoms with Crippen LogP contribution in [0.3, 0.4) is 0 Å². The average Bonchev–Trinajstić information content (AvgIpc) is 3.08. The van der Waals surface area contributed by atoms with E-state index in [9.17, 15) is 53.7 Å². The van der Waals surface area contributed by atoms with Crippen molar-refractivity contribution in [3.8, 4) is 0 Å². The fourth-order valence-corrected chi connectivity index (χ4v) is 7.13. The van der Waals surface area contributed by atoms with Crippen molar-refractivity contribution in [2.45, 2.75) is 44.7 Å². The molecule has 1 rings (SSSR count). The molecule has 0 bridgehead atoms. The Labute approximate surface area is 322 Å². The Morgan fingerprint density at radius 2 is 0.944 bits per heavy atom. The van der Waals surface area contributed by atoms with Gasteiger partial charge in [-0.1, -0.05) is 21.6 Å². The van der Waals surface area contributed by atoms with Gasteiger partial charge in [0.2, 0.25) is 17.7 Å². The highest BCUT2D eigenvalue weighted by Crippen LogP contribution is 2.19. The SMILES string of the molecule is CNC(CCC(=O)O)C(=O)NC(CCC(=O)NCCSSCCNC(=O)CN1CCN(CC(=O)O)CCN(CC(=O)O)CCN(CC(=O)O)CC1)C(C)=O. The average molecular weight is 809 g/mol. The molecule has 1 aliphatic heterocycles. The van der Waals surface area contributed by atoms with Gasteiger partial charge < -0.3 is 41.7 Å². The summed E-state index contributed by atoms with van der Waals surface area (Å²) in [5.74, 6) is -4.35. The third-order valence-corrected chi connectivity index (χ3v) is 10.7. The molecule has 0 saturated carbocycles. The summed E-state index contributed by atoms with van der Waals surface area (Å²) in [6.07, 6.45) is -0.0652. The molecule has 54 heavy (non-hydrogen) atoms. The van der Waals surface area contributed by atoms with Crippen LogP contribution in [0.25, 0.3) is 0 Å². The first-order valence-electron chi connectivity index (χ1n) is 17.6. The minimum Gasteiger partial charge on any atom is -0.481 e. The largest absolute Gasteiger partial charge is 0.481 e. The maximum atomic E-state index is 12.8. The van der Waals surface area contributed by atoms with E-state index in [1.807, 2.05) is 4.90 Å². The van der Waals surface area contributed by atoms with Gasteiger partial charge in [-0.2, -0.15) is 0 Å². The first kappa shape index (κ1) is 48.5. The molecule has 0 aromatic rings. The predicted molar refractivity (Wildman–Crippen MR) is 201 cm³/mol. The minimum atomic E-state index is -1.04. The maximum absolute atomic E-state index is 12.8. The summed E-state index contributed by atoms with van der Waals surface area (Å²) < 4.78 is 0. The van der Waals surface area contributed by atoms with Crippen molar-refractivity contribution in [2.24, 2.45) is 0 Å². The van der Waals surface area contributed by atoms with Crippen molar-refractivity contribution in [1.29, 1.82) is 0 Å². The molecular formula is C32H56N8O12S2. The fraction of sp³-hybridized carbons (Fsp3) is 0.750. The Hall–Kier alpha value is -3.54. The molecule has 0 aromatic carbocycles. The highest BCUT2D eigenvalue weighted by molar-refractivity contribution is 8.76. The zero-order valence-corrected chi connectivity index (χ0v) is 32.6. The number of carbonyl (C=O) groups excluding carboxylic acids is 4. The Balaban J connectivity index is 2.47. The smallest absolute Gasteiger partial charge is 0.317 e. The molecule has 1 heterocycles. The number of Topliss-reactive ketones (excluding diaryl/α,β-unsaturated/α-hetero) is 1. The van der Waals surface area contributed by atoms with Crippen molar-refractivity contribution in [3.05, 3.63) is 0 Å². The molecule has 8 N–H and O–H groups in total. The summed E-state index contributed by atoms with van der Waals surface area (Å²) in [5, 5.41) is 47.9. The lowest BCUT2D eigenvalue weighted by Crippen LogP contribution is -2.49. The number of hydrogen-bond donors (Lipinski definition) is 8. The summed E-state index contributed by atoms with van der Waals surface area (Å²) >= 11 is 0. The second-order valence-corrected chi connectivity index (χ2v) is 15.3. The Morgan fingerprint density at radius 1 is 0.556 bits per heavy atom. The van der Waals surface area contributed by atoms with E-state index in [0.29, 0.717) is 50.8 Å². The number of likely N-dealkylation sites (N-methyl/N-ethyl adjacent to an activating group) is 1. The van der Waals surface area contributed by atoms with Gasteiger partial charge in [0.05, 0.1) is 38.3 Å². The molecule has 1 aliphatic rings. The van der Waals surface area contributed by atoms with Gasteiger partial charge in [-0.15, -0.1) is 0 Å². The zero-order valence-electron chi connectivity index (χ0n) is 31.0. The van der Waals surface area contributed by atoms with Crippen LogP contribution >= 0.6 is 21.6 Å². The van der Waals surface area contributed by atoms with Crippen molar-refractivity contribution in [3.63, 3.8) is 0 Å². The number of aliphatic carboxylic acids is 4. The van der Waals surface area contributed by atoms with E-state index in [0.717, 1.165) is 0 Å². The van der Waals surface area contributed by atoms with Gasteiger partial charge >= 0.3 is 23.9 Å². The predicted octanol–water partition coefficient (Wildman–Crippen LogP) is -2.62. The van der Waals surface area contributed by atoms with E-state index in [4.69, 9.17) is 5.11 Å². The molecule has 3 amide bonds. The van der Waals surface area contributed by atoms with Gasteiger partial charge in [0, 0.05) is 89.8 Å². The second kappa shape index (κ2) is 28.0. The van der Waals surface area contributed by atoms with Gasteiger partial charge in [0.1, 0.15) is 0 Å². The van der Waals surface area contributed by atoms with Crippen LogP contribution < -0.4 is 21.3 Å². The molecule has 2 unspecified atom stereocenters. The van der Waals surface area contributed by atoms with E-state index in [2.05, 4.69) is 21.3 Å². The number of hydrogen-bond acceptors (Lipinski definition) is 15. The Bertz CT molecular complexity index is 1220. The monoisotopic (exact) mass is 808 g/mol. The van der Waals surface area contributed by atoms with Crippen LogP contribution in [0.15, 0.2) is 0 Å². The summed E-state index contributed by atoms with van der Waals surface area (Å²) in [5.41, 5.74) is 0. The molecule has 1 fully saturated rings. The number of carbonyl (C=O) groups is 8. The Kier molecular flexibility index (Phi) is 25.1. The number of carboxylic acid groups (broad SMARTS) is 4. The van der Waals surface area contributed by atoms with Crippen LogP contribution in [0, 0.1) is 0 Å². The van der Waals surface area contributed by atoms with Crippen LogP contribution in [-0.4, -0.2) is 210 Å².